The monoisotopic (exact) mass is 251 g/mol. The number of hydrogen-bond acceptors (Lipinski definition) is 6. The van der Waals surface area contributed by atoms with Crippen molar-refractivity contribution in [2.24, 2.45) is 5.10 Å². The molecule has 0 amide bonds. The number of nitro benzene ring substituents is 1. The first-order chi connectivity index (χ1) is 8.45. The summed E-state index contributed by atoms with van der Waals surface area (Å²) >= 11 is 0. The quantitative estimate of drug-likeness (QED) is 0.381. The lowest BCUT2D eigenvalue weighted by atomic mass is 10.2. The molecule has 0 aliphatic rings. The fourth-order valence-electron chi connectivity index (χ4n) is 1.24. The standard InChI is InChI=1S/C11H13N3O4/c1-7-4-5-10(14(16)17)9(6-7)13-12-8(2)11(15)18-3/h4-6,13H,1-3H3/b12-8-. The van der Waals surface area contributed by atoms with Crippen LogP contribution in [0, 0.1) is 17.0 Å². The van der Waals surface area contributed by atoms with E-state index in [1.54, 1.807) is 19.1 Å². The maximum absolute atomic E-state index is 11.1. The summed E-state index contributed by atoms with van der Waals surface area (Å²) in [4.78, 5) is 21.4. The molecule has 0 heterocycles. The van der Waals surface area contributed by atoms with Crippen LogP contribution >= 0.6 is 0 Å². The summed E-state index contributed by atoms with van der Waals surface area (Å²) in [6.07, 6.45) is 0. The van der Waals surface area contributed by atoms with Crippen LogP contribution in [0.25, 0.3) is 0 Å². The van der Waals surface area contributed by atoms with Gasteiger partial charge in [-0.05, 0) is 25.5 Å². The molecule has 0 aromatic heterocycles. The molecule has 0 aliphatic carbocycles. The summed E-state index contributed by atoms with van der Waals surface area (Å²) in [7, 11) is 1.23. The summed E-state index contributed by atoms with van der Waals surface area (Å²) in [5.41, 5.74) is 3.53. The van der Waals surface area contributed by atoms with E-state index in [1.165, 1.54) is 20.1 Å². The van der Waals surface area contributed by atoms with Gasteiger partial charge < -0.3 is 4.74 Å². The number of aryl methyl sites for hydroxylation is 1. The van der Waals surface area contributed by atoms with E-state index >= 15 is 0 Å². The van der Waals surface area contributed by atoms with Gasteiger partial charge in [-0.25, -0.2) is 4.79 Å². The van der Waals surface area contributed by atoms with E-state index in [4.69, 9.17) is 0 Å². The molecule has 1 aromatic rings. The van der Waals surface area contributed by atoms with Crippen molar-refractivity contribution in [3.8, 4) is 0 Å². The Morgan fingerprint density at radius 3 is 2.72 bits per heavy atom. The zero-order valence-electron chi connectivity index (χ0n) is 10.3. The second kappa shape index (κ2) is 5.76. The zero-order valence-corrected chi connectivity index (χ0v) is 10.3. The van der Waals surface area contributed by atoms with Gasteiger partial charge in [0.25, 0.3) is 5.69 Å². The van der Waals surface area contributed by atoms with Crippen LogP contribution in [-0.4, -0.2) is 23.7 Å². The molecule has 0 spiro atoms. The third-order valence-electron chi connectivity index (χ3n) is 2.17. The van der Waals surface area contributed by atoms with Crippen LogP contribution in [0.3, 0.4) is 0 Å². The second-order valence-corrected chi connectivity index (χ2v) is 3.58. The van der Waals surface area contributed by atoms with Crippen molar-refractivity contribution in [1.82, 2.24) is 0 Å². The molecular weight excluding hydrogens is 238 g/mol. The molecule has 0 saturated carbocycles. The Morgan fingerprint density at radius 2 is 2.17 bits per heavy atom. The largest absolute Gasteiger partial charge is 0.464 e. The Balaban J connectivity index is 3.00. The van der Waals surface area contributed by atoms with Crippen molar-refractivity contribution < 1.29 is 14.5 Å². The predicted octanol–water partition coefficient (Wildman–Crippen LogP) is 1.86. The fourth-order valence-corrected chi connectivity index (χ4v) is 1.24. The normalized spacial score (nSPS) is 10.9. The Labute approximate surface area is 104 Å². The summed E-state index contributed by atoms with van der Waals surface area (Å²) in [6.45, 7) is 3.24. The molecule has 7 nitrogen and oxygen atoms in total. The number of benzene rings is 1. The average Bonchev–Trinajstić information content (AvgIpc) is 2.34. The molecule has 0 unspecified atom stereocenters. The van der Waals surface area contributed by atoms with Crippen LogP contribution in [0.4, 0.5) is 11.4 Å². The summed E-state index contributed by atoms with van der Waals surface area (Å²) in [5, 5.41) is 14.5. The fraction of sp³-hybridized carbons (Fsp3) is 0.273. The first kappa shape index (κ1) is 13.6. The molecule has 0 fully saturated rings. The lowest BCUT2D eigenvalue weighted by molar-refractivity contribution is -0.384. The van der Waals surface area contributed by atoms with E-state index in [9.17, 15) is 14.9 Å². The van der Waals surface area contributed by atoms with Crippen molar-refractivity contribution in [1.29, 1.82) is 0 Å². The minimum atomic E-state index is -0.599. The van der Waals surface area contributed by atoms with Crippen molar-refractivity contribution in [2.45, 2.75) is 13.8 Å². The summed E-state index contributed by atoms with van der Waals surface area (Å²) in [6, 6.07) is 4.58. The van der Waals surface area contributed by atoms with Gasteiger partial charge in [-0.3, -0.25) is 15.5 Å². The number of carbonyl (C=O) groups excluding carboxylic acids is 1. The van der Waals surface area contributed by atoms with Gasteiger partial charge >= 0.3 is 5.97 Å². The van der Waals surface area contributed by atoms with Gasteiger partial charge in [0.15, 0.2) is 0 Å². The number of nitrogens with one attached hydrogen (secondary N) is 1. The molecule has 1 aromatic carbocycles. The van der Waals surface area contributed by atoms with Gasteiger partial charge in [0.2, 0.25) is 0 Å². The molecule has 0 atom stereocenters. The van der Waals surface area contributed by atoms with Gasteiger partial charge in [-0.1, -0.05) is 6.07 Å². The van der Waals surface area contributed by atoms with Crippen molar-refractivity contribution in [2.75, 3.05) is 12.5 Å². The number of hydrogen-bond donors (Lipinski definition) is 1. The van der Waals surface area contributed by atoms with Crippen LogP contribution in [-0.2, 0) is 9.53 Å². The third-order valence-corrected chi connectivity index (χ3v) is 2.17. The number of ether oxygens (including phenoxy) is 1. The second-order valence-electron chi connectivity index (χ2n) is 3.58. The number of methoxy groups -OCH3 is 1. The van der Waals surface area contributed by atoms with E-state index in [2.05, 4.69) is 15.3 Å². The number of hydrazone groups is 1. The van der Waals surface area contributed by atoms with Crippen molar-refractivity contribution in [3.05, 3.63) is 33.9 Å². The Morgan fingerprint density at radius 1 is 1.50 bits per heavy atom. The molecule has 18 heavy (non-hydrogen) atoms. The van der Waals surface area contributed by atoms with Crippen LogP contribution in [0.15, 0.2) is 23.3 Å². The minimum Gasteiger partial charge on any atom is -0.464 e. The molecule has 1 rings (SSSR count). The van der Waals surface area contributed by atoms with Crippen molar-refractivity contribution >= 4 is 23.1 Å². The van der Waals surface area contributed by atoms with Crippen LogP contribution in [0.1, 0.15) is 12.5 Å². The lowest BCUT2D eigenvalue weighted by Crippen LogP contribution is -2.13. The van der Waals surface area contributed by atoms with E-state index in [1.807, 2.05) is 0 Å². The number of anilines is 1. The van der Waals surface area contributed by atoms with Gasteiger partial charge in [-0.15, -0.1) is 0 Å². The van der Waals surface area contributed by atoms with E-state index < -0.39 is 10.9 Å². The van der Waals surface area contributed by atoms with Gasteiger partial charge in [0, 0.05) is 6.07 Å². The Kier molecular flexibility index (Phi) is 4.36. The van der Waals surface area contributed by atoms with E-state index in [0.717, 1.165) is 5.56 Å². The summed E-state index contributed by atoms with van der Waals surface area (Å²) < 4.78 is 4.46. The number of esters is 1. The number of nitrogens with zero attached hydrogens (tertiary/aromatic N) is 2. The first-order valence-electron chi connectivity index (χ1n) is 5.09. The topological polar surface area (TPSA) is 93.8 Å². The highest BCUT2D eigenvalue weighted by molar-refractivity contribution is 6.35. The van der Waals surface area contributed by atoms with Crippen molar-refractivity contribution in [3.63, 3.8) is 0 Å². The molecule has 96 valence electrons. The molecule has 0 bridgehead atoms. The molecule has 0 radical (unpaired) electrons. The highest BCUT2D eigenvalue weighted by Gasteiger charge is 2.13. The predicted molar refractivity (Wildman–Crippen MR) is 66.6 cm³/mol. The minimum absolute atomic E-state index is 0.0771. The molecule has 1 N–H and O–H groups in total. The average molecular weight is 251 g/mol. The van der Waals surface area contributed by atoms with Crippen LogP contribution in [0.5, 0.6) is 0 Å². The SMILES string of the molecule is COC(=O)/C(C)=N\Nc1cc(C)ccc1[N+](=O)[O-]. The summed E-state index contributed by atoms with van der Waals surface area (Å²) in [5.74, 6) is -0.599. The molecule has 0 aliphatic heterocycles. The maximum atomic E-state index is 11.1. The number of rotatable bonds is 4. The van der Waals surface area contributed by atoms with Gasteiger partial charge in [0.05, 0.1) is 12.0 Å². The van der Waals surface area contributed by atoms with Crippen LogP contribution in [0.2, 0.25) is 0 Å². The molecular formula is C11H13N3O4. The van der Waals surface area contributed by atoms with Crippen LogP contribution < -0.4 is 5.43 Å². The Bertz CT molecular complexity index is 511. The van der Waals surface area contributed by atoms with Gasteiger partial charge in [-0.2, -0.15) is 5.10 Å². The van der Waals surface area contributed by atoms with E-state index in [0.29, 0.717) is 0 Å². The highest BCUT2D eigenvalue weighted by atomic mass is 16.6. The first-order valence-corrected chi connectivity index (χ1v) is 5.09. The number of carbonyl (C=O) groups is 1. The third kappa shape index (κ3) is 3.27. The zero-order chi connectivity index (χ0) is 13.7. The highest BCUT2D eigenvalue weighted by Crippen LogP contribution is 2.25. The smallest absolute Gasteiger partial charge is 0.353 e. The maximum Gasteiger partial charge on any atom is 0.353 e. The molecule has 0 saturated heterocycles. The van der Waals surface area contributed by atoms with Gasteiger partial charge in [0.1, 0.15) is 11.4 Å². The molecule has 7 heteroatoms. The van der Waals surface area contributed by atoms with E-state index in [-0.39, 0.29) is 17.1 Å². The number of nitro groups is 1. The Hall–Kier alpha value is -2.44. The lowest BCUT2D eigenvalue weighted by Gasteiger charge is -2.04.